The smallest absolute Gasteiger partial charge is 0.412 e. The van der Waals surface area contributed by atoms with Crippen LogP contribution < -0.4 is 4.90 Å². The minimum atomic E-state index is -3.44. The fraction of sp³-hybridized carbons (Fsp3) is 0.407. The Labute approximate surface area is 221 Å². The summed E-state index contributed by atoms with van der Waals surface area (Å²) in [5.41, 5.74) is 2.56. The van der Waals surface area contributed by atoms with E-state index in [2.05, 4.69) is 10.1 Å². The van der Waals surface area contributed by atoms with E-state index < -0.39 is 27.6 Å². The van der Waals surface area contributed by atoms with Crippen molar-refractivity contribution in [1.82, 2.24) is 10.1 Å². The number of amides is 1. The lowest BCUT2D eigenvalue weighted by atomic mass is 10.0. The minimum absolute atomic E-state index is 0.104. The second kappa shape index (κ2) is 10.2. The number of ether oxygens (including phenoxy) is 1. The number of rotatable bonds is 7. The molecule has 1 amide bonds. The summed E-state index contributed by atoms with van der Waals surface area (Å²) in [6.07, 6.45) is 1.50. The zero-order valence-electron chi connectivity index (χ0n) is 22.0. The number of anilines is 1. The van der Waals surface area contributed by atoms with Gasteiger partial charge in [-0.05, 0) is 81.5 Å². The molecule has 1 N–H and O–H groups in total. The Morgan fingerprint density at radius 2 is 1.87 bits per heavy atom. The summed E-state index contributed by atoms with van der Waals surface area (Å²) in [7, 11) is -3.44. The zero-order valence-corrected chi connectivity index (χ0v) is 22.8. The largest absolute Gasteiger partial charge is 0.465 e. The van der Waals surface area contributed by atoms with Crippen molar-refractivity contribution in [3.05, 3.63) is 47.5 Å². The molecular weight excluding hydrogens is 510 g/mol. The molecule has 0 saturated carbocycles. The number of aryl methyl sites for hydroxylation is 1. The van der Waals surface area contributed by atoms with Crippen molar-refractivity contribution >= 4 is 27.6 Å². The van der Waals surface area contributed by atoms with Crippen molar-refractivity contribution in [3.8, 4) is 22.8 Å². The van der Waals surface area contributed by atoms with Crippen molar-refractivity contribution in [2.75, 3.05) is 11.2 Å². The monoisotopic (exact) mass is 541 g/mol. The standard InChI is InChI=1S/C27H31N3O7S/c1-6-16-7-8-18(15-22(16)38(5,34)35)25-28-24(29-37-25)17-9-11-21-19(13-17)14-20(30(21)26(32)33)10-12-23(31)36-27(2,3)4/h7-9,11,13,15,20H,6,10,12,14H2,1-5H3,(H,32,33). The molecule has 1 atom stereocenters. The fourth-order valence-corrected chi connectivity index (χ4v) is 5.64. The molecule has 11 heteroatoms. The van der Waals surface area contributed by atoms with Gasteiger partial charge in [-0.25, -0.2) is 13.2 Å². The molecular formula is C27H31N3O7S. The number of benzene rings is 2. The highest BCUT2D eigenvalue weighted by Crippen LogP contribution is 2.37. The Morgan fingerprint density at radius 1 is 1.16 bits per heavy atom. The molecule has 4 rings (SSSR count). The molecule has 0 fully saturated rings. The number of carbonyl (C=O) groups is 2. The summed E-state index contributed by atoms with van der Waals surface area (Å²) >= 11 is 0. The molecule has 0 bridgehead atoms. The van der Waals surface area contributed by atoms with Crippen LogP contribution in [0.25, 0.3) is 22.8 Å². The summed E-state index contributed by atoms with van der Waals surface area (Å²) in [5, 5.41) is 13.9. The molecule has 2 aromatic carbocycles. The number of aromatic nitrogens is 2. The summed E-state index contributed by atoms with van der Waals surface area (Å²) in [5.74, 6) is 0.0996. The quantitative estimate of drug-likeness (QED) is 0.414. The Morgan fingerprint density at radius 3 is 2.50 bits per heavy atom. The first-order chi connectivity index (χ1) is 17.8. The van der Waals surface area contributed by atoms with Crippen LogP contribution in [0.15, 0.2) is 45.8 Å². The predicted molar refractivity (Wildman–Crippen MR) is 141 cm³/mol. The van der Waals surface area contributed by atoms with Crippen LogP contribution in [-0.4, -0.2) is 53.6 Å². The van der Waals surface area contributed by atoms with E-state index in [0.29, 0.717) is 47.5 Å². The van der Waals surface area contributed by atoms with Crippen LogP contribution >= 0.6 is 0 Å². The van der Waals surface area contributed by atoms with Crippen LogP contribution in [0.2, 0.25) is 0 Å². The third-order valence-corrected chi connectivity index (χ3v) is 7.43. The minimum Gasteiger partial charge on any atom is -0.465 e. The zero-order chi connectivity index (χ0) is 27.8. The van der Waals surface area contributed by atoms with Crippen molar-refractivity contribution in [2.24, 2.45) is 0 Å². The van der Waals surface area contributed by atoms with Crippen LogP contribution in [0.5, 0.6) is 0 Å². The van der Waals surface area contributed by atoms with Gasteiger partial charge in [-0.3, -0.25) is 9.69 Å². The Hall–Kier alpha value is -3.73. The fourth-order valence-electron chi connectivity index (χ4n) is 4.62. The maximum Gasteiger partial charge on any atom is 0.412 e. The second-order valence-corrected chi connectivity index (χ2v) is 12.3. The summed E-state index contributed by atoms with van der Waals surface area (Å²) < 4.78 is 35.3. The highest BCUT2D eigenvalue weighted by molar-refractivity contribution is 7.90. The van der Waals surface area contributed by atoms with Gasteiger partial charge in [0.15, 0.2) is 9.84 Å². The molecule has 1 aliphatic heterocycles. The van der Waals surface area contributed by atoms with E-state index in [4.69, 9.17) is 9.26 Å². The van der Waals surface area contributed by atoms with Crippen LogP contribution in [0, 0.1) is 0 Å². The first-order valence-electron chi connectivity index (χ1n) is 12.3. The second-order valence-electron chi connectivity index (χ2n) is 10.4. The summed E-state index contributed by atoms with van der Waals surface area (Å²) in [6, 6.07) is 9.83. The number of carboxylic acid groups (broad SMARTS) is 1. The molecule has 38 heavy (non-hydrogen) atoms. The number of sulfone groups is 1. The predicted octanol–water partition coefficient (Wildman–Crippen LogP) is 4.90. The third kappa shape index (κ3) is 5.88. The maximum absolute atomic E-state index is 12.2. The van der Waals surface area contributed by atoms with E-state index in [0.717, 1.165) is 11.8 Å². The van der Waals surface area contributed by atoms with E-state index in [9.17, 15) is 23.1 Å². The number of fused-ring (bicyclic) bond motifs is 1. The lowest BCUT2D eigenvalue weighted by Crippen LogP contribution is -2.37. The number of esters is 1. The Bertz CT molecular complexity index is 1490. The van der Waals surface area contributed by atoms with Crippen LogP contribution in [-0.2, 0) is 32.2 Å². The van der Waals surface area contributed by atoms with Gasteiger partial charge >= 0.3 is 12.1 Å². The first-order valence-corrected chi connectivity index (χ1v) is 14.2. The summed E-state index contributed by atoms with van der Waals surface area (Å²) in [6.45, 7) is 7.25. The number of nitrogens with zero attached hydrogens (tertiary/aromatic N) is 3. The van der Waals surface area contributed by atoms with Crippen molar-refractivity contribution in [3.63, 3.8) is 0 Å². The molecule has 0 aliphatic carbocycles. The van der Waals surface area contributed by atoms with Crippen LogP contribution in [0.3, 0.4) is 0 Å². The molecule has 10 nitrogen and oxygen atoms in total. The van der Waals surface area contributed by atoms with Gasteiger partial charge in [-0.15, -0.1) is 0 Å². The van der Waals surface area contributed by atoms with Crippen LogP contribution in [0.1, 0.15) is 51.7 Å². The highest BCUT2D eigenvalue weighted by atomic mass is 32.2. The lowest BCUT2D eigenvalue weighted by molar-refractivity contribution is -0.155. The topological polar surface area (TPSA) is 140 Å². The van der Waals surface area contributed by atoms with Crippen molar-refractivity contribution in [2.45, 2.75) is 69.9 Å². The van der Waals surface area contributed by atoms with E-state index in [1.54, 1.807) is 45.0 Å². The molecule has 2 heterocycles. The van der Waals surface area contributed by atoms with Gasteiger partial charge in [-0.2, -0.15) is 4.98 Å². The molecule has 1 aromatic heterocycles. The lowest BCUT2D eigenvalue weighted by Gasteiger charge is -2.23. The molecule has 0 radical (unpaired) electrons. The summed E-state index contributed by atoms with van der Waals surface area (Å²) in [4.78, 5) is 30.2. The SMILES string of the molecule is CCc1ccc(-c2nc(-c3ccc4c(c3)CC(CCC(=O)OC(C)(C)C)N4C(=O)O)no2)cc1S(C)(=O)=O. The molecule has 0 spiro atoms. The van der Waals surface area contributed by atoms with Crippen molar-refractivity contribution in [1.29, 1.82) is 0 Å². The van der Waals surface area contributed by atoms with Gasteiger partial charge in [0.2, 0.25) is 5.82 Å². The van der Waals surface area contributed by atoms with Gasteiger partial charge < -0.3 is 14.4 Å². The average molecular weight is 542 g/mol. The van der Waals surface area contributed by atoms with E-state index in [-0.39, 0.29) is 23.2 Å². The van der Waals surface area contributed by atoms with Gasteiger partial charge in [0, 0.05) is 29.8 Å². The van der Waals surface area contributed by atoms with Crippen LogP contribution in [0.4, 0.5) is 10.5 Å². The molecule has 1 unspecified atom stereocenters. The van der Waals surface area contributed by atoms with Gasteiger partial charge in [-0.1, -0.05) is 18.1 Å². The number of hydrogen-bond donors (Lipinski definition) is 1. The molecule has 3 aromatic rings. The van der Waals surface area contributed by atoms with Gasteiger partial charge in [0.25, 0.3) is 5.89 Å². The highest BCUT2D eigenvalue weighted by Gasteiger charge is 2.35. The van der Waals surface area contributed by atoms with Gasteiger partial charge in [0.05, 0.1) is 10.6 Å². The van der Waals surface area contributed by atoms with Crippen molar-refractivity contribution < 1.29 is 32.4 Å². The normalized spacial score (nSPS) is 15.4. The van der Waals surface area contributed by atoms with Gasteiger partial charge in [0.1, 0.15) is 5.60 Å². The molecule has 0 saturated heterocycles. The Balaban J connectivity index is 1.57. The molecule has 1 aliphatic rings. The van der Waals surface area contributed by atoms with E-state index in [1.807, 2.05) is 13.0 Å². The number of carbonyl (C=O) groups excluding carboxylic acids is 1. The first kappa shape index (κ1) is 27.3. The number of hydrogen-bond acceptors (Lipinski definition) is 8. The third-order valence-electron chi connectivity index (χ3n) is 6.25. The Kier molecular flexibility index (Phi) is 7.33. The molecule has 202 valence electrons. The maximum atomic E-state index is 12.2. The van der Waals surface area contributed by atoms with E-state index >= 15 is 0 Å². The average Bonchev–Trinajstić information content (AvgIpc) is 3.45. The van der Waals surface area contributed by atoms with E-state index in [1.165, 1.54) is 11.0 Å².